The summed E-state index contributed by atoms with van der Waals surface area (Å²) in [5.74, 6) is 0.232. The molecular formula is C25H19ClFN7O2. The first kappa shape index (κ1) is 23.3. The molecule has 0 radical (unpaired) electrons. The van der Waals surface area contributed by atoms with Crippen molar-refractivity contribution in [2.45, 2.75) is 20.1 Å². The van der Waals surface area contributed by atoms with Gasteiger partial charge in [-0.05, 0) is 53.2 Å². The molecule has 0 spiro atoms. The van der Waals surface area contributed by atoms with Gasteiger partial charge in [-0.2, -0.15) is 0 Å². The van der Waals surface area contributed by atoms with Crippen LogP contribution in [-0.4, -0.2) is 41.1 Å². The van der Waals surface area contributed by atoms with Crippen LogP contribution in [0.3, 0.4) is 0 Å². The zero-order chi connectivity index (χ0) is 25.1. The third kappa shape index (κ3) is 5.13. The fraction of sp³-hybridized carbons (Fsp3) is 0.120. The number of H-pyrrole nitrogens is 1. The number of imidazole rings is 1. The zero-order valence-electron chi connectivity index (χ0n) is 19.0. The lowest BCUT2D eigenvalue weighted by Gasteiger charge is -2.04. The van der Waals surface area contributed by atoms with Crippen molar-refractivity contribution in [3.63, 3.8) is 0 Å². The van der Waals surface area contributed by atoms with Crippen LogP contribution in [0.1, 0.15) is 18.3 Å². The molecule has 5 rings (SSSR count). The van der Waals surface area contributed by atoms with Crippen molar-refractivity contribution in [2.75, 3.05) is 0 Å². The van der Waals surface area contributed by atoms with Gasteiger partial charge in [-0.15, -0.1) is 15.0 Å². The second kappa shape index (κ2) is 10.0. The topological polar surface area (TPSA) is 111 Å². The molecule has 0 bridgehead atoms. The number of nitrogens with zero attached hydrogens (tertiary/aromatic N) is 6. The third-order valence-corrected chi connectivity index (χ3v) is 5.67. The lowest BCUT2D eigenvalue weighted by molar-refractivity contribution is -0.145. The average molecular weight is 504 g/mol. The van der Waals surface area contributed by atoms with Crippen LogP contribution in [0.25, 0.3) is 34.0 Å². The highest BCUT2D eigenvalue weighted by Crippen LogP contribution is 2.32. The Bertz CT molecular complexity index is 1530. The summed E-state index contributed by atoms with van der Waals surface area (Å²) < 4.78 is 18.5. The fourth-order valence-electron chi connectivity index (χ4n) is 3.60. The van der Waals surface area contributed by atoms with Crippen molar-refractivity contribution < 1.29 is 13.9 Å². The Labute approximate surface area is 209 Å². The molecule has 0 aliphatic rings. The summed E-state index contributed by atoms with van der Waals surface area (Å²) in [7, 11) is 0. The summed E-state index contributed by atoms with van der Waals surface area (Å²) in [5.41, 5.74) is 4.15. The van der Waals surface area contributed by atoms with Gasteiger partial charge in [0.05, 0.1) is 17.1 Å². The van der Waals surface area contributed by atoms with E-state index in [9.17, 15) is 9.18 Å². The first-order chi connectivity index (χ1) is 17.5. The largest absolute Gasteiger partial charge is 0.441 e. The number of aromatic nitrogens is 7. The van der Waals surface area contributed by atoms with E-state index in [0.717, 1.165) is 11.1 Å². The summed E-state index contributed by atoms with van der Waals surface area (Å²) in [6.45, 7) is 1.16. The number of benzene rings is 2. The quantitative estimate of drug-likeness (QED) is 0.320. The van der Waals surface area contributed by atoms with Gasteiger partial charge in [-0.3, -0.25) is 9.78 Å². The third-order valence-electron chi connectivity index (χ3n) is 5.30. The number of hydrogen-bond acceptors (Lipinski definition) is 7. The molecule has 0 saturated heterocycles. The molecule has 0 amide bonds. The zero-order valence-corrected chi connectivity index (χ0v) is 19.8. The summed E-state index contributed by atoms with van der Waals surface area (Å²) in [4.78, 5) is 24.9. The molecule has 0 unspecified atom stereocenters. The maximum Gasteiger partial charge on any atom is 0.304 e. The van der Waals surface area contributed by atoms with Gasteiger partial charge >= 0.3 is 5.97 Å². The van der Waals surface area contributed by atoms with E-state index in [1.807, 2.05) is 24.3 Å². The van der Waals surface area contributed by atoms with Gasteiger partial charge in [0, 0.05) is 35.7 Å². The van der Waals surface area contributed by atoms with Gasteiger partial charge in [0.15, 0.2) is 0 Å². The van der Waals surface area contributed by atoms with E-state index in [4.69, 9.17) is 21.3 Å². The molecule has 36 heavy (non-hydrogen) atoms. The Morgan fingerprint density at radius 1 is 1.11 bits per heavy atom. The van der Waals surface area contributed by atoms with E-state index in [-0.39, 0.29) is 12.5 Å². The van der Waals surface area contributed by atoms with Crippen molar-refractivity contribution >= 4 is 17.6 Å². The molecule has 0 aliphatic carbocycles. The number of aromatic amines is 1. The minimum atomic E-state index is -0.444. The lowest BCUT2D eigenvalue weighted by Crippen LogP contribution is -2.09. The minimum absolute atomic E-state index is 0.138. The van der Waals surface area contributed by atoms with Gasteiger partial charge in [-0.1, -0.05) is 29.8 Å². The Morgan fingerprint density at radius 3 is 2.69 bits per heavy atom. The van der Waals surface area contributed by atoms with Crippen LogP contribution in [0.15, 0.2) is 66.9 Å². The molecule has 0 aliphatic heterocycles. The van der Waals surface area contributed by atoms with Crippen LogP contribution in [-0.2, 0) is 22.7 Å². The highest BCUT2D eigenvalue weighted by molar-refractivity contribution is 6.31. The number of ether oxygens (including phenoxy) is 1. The first-order valence-electron chi connectivity index (χ1n) is 10.9. The Kier molecular flexibility index (Phi) is 6.50. The van der Waals surface area contributed by atoms with Crippen molar-refractivity contribution in [1.29, 1.82) is 0 Å². The number of pyridine rings is 1. The van der Waals surface area contributed by atoms with E-state index >= 15 is 0 Å². The molecule has 3 heterocycles. The maximum absolute atomic E-state index is 13.6. The van der Waals surface area contributed by atoms with Gasteiger partial charge in [0.25, 0.3) is 0 Å². The number of rotatable bonds is 7. The summed E-state index contributed by atoms with van der Waals surface area (Å²) in [5, 5.41) is 12.8. The van der Waals surface area contributed by atoms with Crippen LogP contribution >= 0.6 is 11.6 Å². The smallest absolute Gasteiger partial charge is 0.304 e. The predicted octanol–water partition coefficient (Wildman–Crippen LogP) is 4.70. The van der Waals surface area contributed by atoms with Crippen LogP contribution in [0, 0.1) is 5.82 Å². The number of carbonyl (C=O) groups excluding carboxylic acids is 1. The average Bonchev–Trinajstić information content (AvgIpc) is 3.52. The summed E-state index contributed by atoms with van der Waals surface area (Å²) in [6, 6.07) is 17.2. The summed E-state index contributed by atoms with van der Waals surface area (Å²) >= 11 is 6.36. The SMILES string of the molecule is CC(=O)OCn1nnc(-c2ccnc(-c3[nH]c(Cc4ccccc4Cl)nc3-c3ccc(F)cc3)c2)n1. The van der Waals surface area contributed by atoms with Crippen LogP contribution < -0.4 is 0 Å². The molecule has 9 nitrogen and oxygen atoms in total. The van der Waals surface area contributed by atoms with Crippen LogP contribution in [0.4, 0.5) is 4.39 Å². The van der Waals surface area contributed by atoms with E-state index in [0.29, 0.717) is 45.7 Å². The molecular weight excluding hydrogens is 485 g/mol. The van der Waals surface area contributed by atoms with Crippen molar-refractivity contribution in [3.8, 4) is 34.0 Å². The molecule has 1 N–H and O–H groups in total. The maximum atomic E-state index is 13.6. The molecule has 0 fully saturated rings. The fourth-order valence-corrected chi connectivity index (χ4v) is 3.80. The normalized spacial score (nSPS) is 11.0. The van der Waals surface area contributed by atoms with Crippen molar-refractivity contribution in [3.05, 3.63) is 89.1 Å². The van der Waals surface area contributed by atoms with Crippen LogP contribution in [0.5, 0.6) is 0 Å². The second-order valence-electron chi connectivity index (χ2n) is 7.86. The number of esters is 1. The van der Waals surface area contributed by atoms with E-state index in [1.54, 1.807) is 30.5 Å². The number of hydrogen-bond donors (Lipinski definition) is 1. The van der Waals surface area contributed by atoms with Gasteiger partial charge in [-0.25, -0.2) is 9.37 Å². The molecule has 180 valence electrons. The standard InChI is InChI=1S/C25H19ClFN7O2/c1-15(35)36-14-34-32-25(31-33-34)18-10-11-28-21(12-18)24-23(16-6-8-19(27)9-7-16)29-22(30-24)13-17-4-2-3-5-20(17)26/h2-12H,13-14H2,1H3,(H,29,30). The molecule has 2 aromatic carbocycles. The van der Waals surface area contributed by atoms with E-state index in [2.05, 4.69) is 25.4 Å². The van der Waals surface area contributed by atoms with E-state index < -0.39 is 5.97 Å². The molecule has 3 aromatic heterocycles. The Hall–Kier alpha value is -4.44. The molecule has 5 aromatic rings. The number of carbonyl (C=O) groups is 1. The molecule has 0 atom stereocenters. The predicted molar refractivity (Wildman–Crippen MR) is 130 cm³/mol. The second-order valence-corrected chi connectivity index (χ2v) is 8.27. The van der Waals surface area contributed by atoms with E-state index in [1.165, 1.54) is 23.9 Å². The van der Waals surface area contributed by atoms with Gasteiger partial charge < -0.3 is 9.72 Å². The number of nitrogens with one attached hydrogen (secondary N) is 1. The van der Waals surface area contributed by atoms with Crippen molar-refractivity contribution in [2.24, 2.45) is 0 Å². The van der Waals surface area contributed by atoms with Crippen LogP contribution in [0.2, 0.25) is 5.02 Å². The molecule has 11 heteroatoms. The Morgan fingerprint density at radius 2 is 1.92 bits per heavy atom. The molecule has 0 saturated carbocycles. The highest BCUT2D eigenvalue weighted by atomic mass is 35.5. The number of halogens is 2. The van der Waals surface area contributed by atoms with Crippen molar-refractivity contribution in [1.82, 2.24) is 35.2 Å². The number of tetrazole rings is 1. The highest BCUT2D eigenvalue weighted by Gasteiger charge is 2.18. The Balaban J connectivity index is 1.53. The first-order valence-corrected chi connectivity index (χ1v) is 11.3. The summed E-state index contributed by atoms with van der Waals surface area (Å²) in [6.07, 6.45) is 2.10. The monoisotopic (exact) mass is 503 g/mol. The minimum Gasteiger partial charge on any atom is -0.441 e. The van der Waals surface area contributed by atoms with Gasteiger partial charge in [0.2, 0.25) is 12.6 Å². The lowest BCUT2D eigenvalue weighted by atomic mass is 10.1. The van der Waals surface area contributed by atoms with Gasteiger partial charge in [0.1, 0.15) is 11.6 Å².